The van der Waals surface area contributed by atoms with E-state index < -0.39 is 0 Å². The largest absolute Gasteiger partial charge is 0.327 e. The number of carbonyl (C=O) groups is 2. The Morgan fingerprint density at radius 3 is 2.52 bits per heavy atom. The smallest absolute Gasteiger partial charge is 0.266 e. The number of hydrogen-bond acceptors (Lipinski definition) is 4. The number of anilines is 1. The Labute approximate surface area is 139 Å². The van der Waals surface area contributed by atoms with Crippen molar-refractivity contribution in [3.8, 4) is 0 Å². The summed E-state index contributed by atoms with van der Waals surface area (Å²) in [6, 6.07) is 7.82. The first-order valence-electron chi connectivity index (χ1n) is 7.56. The minimum Gasteiger partial charge on any atom is -0.327 e. The zero-order valence-corrected chi connectivity index (χ0v) is 14.3. The van der Waals surface area contributed by atoms with Gasteiger partial charge in [0.2, 0.25) is 5.91 Å². The van der Waals surface area contributed by atoms with Crippen molar-refractivity contribution in [1.29, 1.82) is 0 Å². The van der Waals surface area contributed by atoms with Crippen LogP contribution in [0.15, 0.2) is 24.3 Å². The molecule has 0 aliphatic carbocycles. The Bertz CT molecular complexity index is 769. The van der Waals surface area contributed by atoms with Crippen LogP contribution >= 0.6 is 11.3 Å². The van der Waals surface area contributed by atoms with Gasteiger partial charge < -0.3 is 9.80 Å². The summed E-state index contributed by atoms with van der Waals surface area (Å²) in [5.74, 6) is -0.135. The average Bonchev–Trinajstić information content (AvgIpc) is 2.86. The summed E-state index contributed by atoms with van der Waals surface area (Å²) in [5.41, 5.74) is 2.73. The quantitative estimate of drug-likeness (QED) is 0.851. The van der Waals surface area contributed by atoms with Crippen molar-refractivity contribution in [2.75, 3.05) is 24.5 Å². The van der Waals surface area contributed by atoms with Crippen LogP contribution in [0, 0.1) is 20.8 Å². The highest BCUT2D eigenvalue weighted by molar-refractivity contribution is 7.13. The predicted octanol–water partition coefficient (Wildman–Crippen LogP) is 2.56. The summed E-state index contributed by atoms with van der Waals surface area (Å²) in [5, 5.41) is 0.871. The number of carbonyl (C=O) groups excluding carboxylic acids is 2. The fourth-order valence-corrected chi connectivity index (χ4v) is 3.73. The number of amides is 2. The van der Waals surface area contributed by atoms with Crippen molar-refractivity contribution in [2.24, 2.45) is 0 Å². The second-order valence-electron chi connectivity index (χ2n) is 5.71. The van der Waals surface area contributed by atoms with E-state index in [4.69, 9.17) is 0 Å². The minimum absolute atomic E-state index is 0.0437. The SMILES string of the molecule is Cc1nc(C)c(C(=O)N2CCN(c3ccccc3C)C(=O)C2)s1. The lowest BCUT2D eigenvalue weighted by Crippen LogP contribution is -2.52. The van der Waals surface area contributed by atoms with E-state index in [-0.39, 0.29) is 18.4 Å². The fourth-order valence-electron chi connectivity index (χ4n) is 2.84. The third kappa shape index (κ3) is 2.99. The molecule has 2 amide bonds. The van der Waals surface area contributed by atoms with E-state index in [9.17, 15) is 9.59 Å². The molecule has 0 atom stereocenters. The molecule has 1 aromatic heterocycles. The van der Waals surface area contributed by atoms with Crippen molar-refractivity contribution in [2.45, 2.75) is 20.8 Å². The molecule has 0 spiro atoms. The van der Waals surface area contributed by atoms with Gasteiger partial charge in [-0.3, -0.25) is 9.59 Å². The van der Waals surface area contributed by atoms with Gasteiger partial charge in [-0.15, -0.1) is 11.3 Å². The molecular weight excluding hydrogens is 310 g/mol. The lowest BCUT2D eigenvalue weighted by molar-refractivity contribution is -0.120. The molecular formula is C17H19N3O2S. The minimum atomic E-state index is -0.0918. The molecule has 0 saturated carbocycles. The Morgan fingerprint density at radius 2 is 1.91 bits per heavy atom. The highest BCUT2D eigenvalue weighted by atomic mass is 32.1. The molecule has 1 aliphatic heterocycles. The van der Waals surface area contributed by atoms with Gasteiger partial charge in [0.15, 0.2) is 0 Å². The molecule has 6 heteroatoms. The molecule has 0 unspecified atom stereocenters. The number of aromatic nitrogens is 1. The Kier molecular flexibility index (Phi) is 4.17. The molecule has 23 heavy (non-hydrogen) atoms. The summed E-state index contributed by atoms with van der Waals surface area (Å²) >= 11 is 1.39. The number of para-hydroxylation sites is 1. The molecule has 5 nitrogen and oxygen atoms in total. The number of hydrogen-bond donors (Lipinski definition) is 0. The van der Waals surface area contributed by atoms with Crippen molar-refractivity contribution in [1.82, 2.24) is 9.88 Å². The van der Waals surface area contributed by atoms with Gasteiger partial charge >= 0.3 is 0 Å². The summed E-state index contributed by atoms with van der Waals surface area (Å²) in [6.45, 7) is 6.88. The third-order valence-electron chi connectivity index (χ3n) is 4.01. The molecule has 1 aliphatic rings. The van der Waals surface area contributed by atoms with Crippen LogP contribution in [-0.2, 0) is 4.79 Å². The summed E-state index contributed by atoms with van der Waals surface area (Å²) in [4.78, 5) is 33.4. The van der Waals surface area contributed by atoms with Gasteiger partial charge in [0.05, 0.1) is 10.7 Å². The van der Waals surface area contributed by atoms with Gasteiger partial charge in [0.1, 0.15) is 11.4 Å². The van der Waals surface area contributed by atoms with E-state index in [2.05, 4.69) is 4.98 Å². The number of nitrogens with zero attached hydrogens (tertiary/aromatic N) is 3. The van der Waals surface area contributed by atoms with Crippen molar-refractivity contribution in [3.05, 3.63) is 45.4 Å². The number of piperazine rings is 1. The fraction of sp³-hybridized carbons (Fsp3) is 0.353. The number of benzene rings is 1. The maximum atomic E-state index is 12.6. The zero-order valence-electron chi connectivity index (χ0n) is 13.5. The van der Waals surface area contributed by atoms with Crippen molar-refractivity contribution >= 4 is 28.8 Å². The van der Waals surface area contributed by atoms with Crippen LogP contribution in [0.2, 0.25) is 0 Å². The van der Waals surface area contributed by atoms with Crippen LogP contribution in [0.1, 0.15) is 25.9 Å². The monoisotopic (exact) mass is 329 g/mol. The van der Waals surface area contributed by atoms with Crippen molar-refractivity contribution < 1.29 is 9.59 Å². The Balaban J connectivity index is 1.76. The molecule has 1 fully saturated rings. The Hall–Kier alpha value is -2.21. The summed E-state index contributed by atoms with van der Waals surface area (Å²) in [7, 11) is 0. The van der Waals surface area contributed by atoms with Crippen LogP contribution < -0.4 is 4.90 Å². The van der Waals surface area contributed by atoms with Crippen molar-refractivity contribution in [3.63, 3.8) is 0 Å². The number of thiazole rings is 1. The van der Waals surface area contributed by atoms with Crippen LogP contribution in [0.5, 0.6) is 0 Å². The second kappa shape index (κ2) is 6.12. The van der Waals surface area contributed by atoms with Gasteiger partial charge in [-0.1, -0.05) is 18.2 Å². The van der Waals surface area contributed by atoms with Crippen LogP contribution in [0.25, 0.3) is 0 Å². The van der Waals surface area contributed by atoms with E-state index in [1.54, 1.807) is 9.80 Å². The van der Waals surface area contributed by atoms with Gasteiger partial charge in [-0.25, -0.2) is 4.98 Å². The molecule has 120 valence electrons. The van der Waals surface area contributed by atoms with Gasteiger partial charge in [-0.2, -0.15) is 0 Å². The Morgan fingerprint density at radius 1 is 1.17 bits per heavy atom. The van der Waals surface area contributed by atoms with Crippen LogP contribution in [-0.4, -0.2) is 41.3 Å². The normalized spacial score (nSPS) is 15.2. The number of rotatable bonds is 2. The number of aryl methyl sites for hydroxylation is 3. The molecule has 0 bridgehead atoms. The van der Waals surface area contributed by atoms with Gasteiger partial charge in [0.25, 0.3) is 5.91 Å². The first-order chi connectivity index (χ1) is 11.0. The average molecular weight is 329 g/mol. The maximum Gasteiger partial charge on any atom is 0.266 e. The highest BCUT2D eigenvalue weighted by Gasteiger charge is 2.30. The highest BCUT2D eigenvalue weighted by Crippen LogP contribution is 2.24. The molecule has 2 aromatic rings. The zero-order chi connectivity index (χ0) is 16.6. The van der Waals surface area contributed by atoms with Crippen LogP contribution in [0.3, 0.4) is 0 Å². The van der Waals surface area contributed by atoms with E-state index in [0.717, 1.165) is 22.0 Å². The lowest BCUT2D eigenvalue weighted by Gasteiger charge is -2.34. The summed E-state index contributed by atoms with van der Waals surface area (Å²) < 4.78 is 0. The van der Waals surface area contributed by atoms with E-state index >= 15 is 0 Å². The lowest BCUT2D eigenvalue weighted by atomic mass is 10.1. The topological polar surface area (TPSA) is 53.5 Å². The van der Waals surface area contributed by atoms with Gasteiger partial charge in [-0.05, 0) is 32.4 Å². The molecule has 1 saturated heterocycles. The maximum absolute atomic E-state index is 12.6. The first kappa shape index (κ1) is 15.7. The van der Waals surface area contributed by atoms with Crippen LogP contribution in [0.4, 0.5) is 5.69 Å². The predicted molar refractivity (Wildman–Crippen MR) is 91.0 cm³/mol. The molecule has 0 radical (unpaired) electrons. The van der Waals surface area contributed by atoms with E-state index in [1.165, 1.54) is 11.3 Å². The van der Waals surface area contributed by atoms with E-state index in [1.807, 2.05) is 45.0 Å². The second-order valence-corrected chi connectivity index (χ2v) is 6.91. The molecule has 3 rings (SSSR count). The molecule has 0 N–H and O–H groups in total. The standard InChI is InChI=1S/C17H19N3O2S/c1-11-6-4-5-7-14(11)20-9-8-19(10-15(20)21)17(22)16-12(2)18-13(3)23-16/h4-7H,8-10H2,1-3H3. The van der Waals surface area contributed by atoms with Gasteiger partial charge in [0, 0.05) is 18.8 Å². The summed E-state index contributed by atoms with van der Waals surface area (Å²) in [6.07, 6.45) is 0. The third-order valence-corrected chi connectivity index (χ3v) is 5.07. The molecule has 1 aromatic carbocycles. The molecule has 2 heterocycles. The first-order valence-corrected chi connectivity index (χ1v) is 8.38. The van der Waals surface area contributed by atoms with E-state index in [0.29, 0.717) is 18.0 Å².